The van der Waals surface area contributed by atoms with E-state index in [0.29, 0.717) is 12.1 Å². The molecular formula is C14H17F2N. The van der Waals surface area contributed by atoms with Crippen LogP contribution in [0.5, 0.6) is 0 Å². The van der Waals surface area contributed by atoms with Crippen LogP contribution in [-0.2, 0) is 0 Å². The van der Waals surface area contributed by atoms with Gasteiger partial charge in [0.25, 0.3) is 0 Å². The zero-order chi connectivity index (χ0) is 12.8. The van der Waals surface area contributed by atoms with Gasteiger partial charge in [-0.05, 0) is 49.1 Å². The molecule has 0 heterocycles. The summed E-state index contributed by atoms with van der Waals surface area (Å²) in [7, 11) is 0. The maximum Gasteiger partial charge on any atom is 0.114 e. The summed E-state index contributed by atoms with van der Waals surface area (Å²) in [6.07, 6.45) is 2.16. The quantitative estimate of drug-likeness (QED) is 0.777. The number of benzene rings is 1. The van der Waals surface area contributed by atoms with Crippen LogP contribution in [-0.4, -0.2) is 6.67 Å². The zero-order valence-corrected chi connectivity index (χ0v) is 10.1. The maximum absolute atomic E-state index is 13.0. The number of hydrogen-bond acceptors (Lipinski definition) is 1. The lowest BCUT2D eigenvalue weighted by atomic mass is 9.98. The number of rotatable bonds is 4. The lowest BCUT2D eigenvalue weighted by Crippen LogP contribution is -1.93. The summed E-state index contributed by atoms with van der Waals surface area (Å²) < 4.78 is 25.7. The van der Waals surface area contributed by atoms with Gasteiger partial charge >= 0.3 is 0 Å². The first kappa shape index (κ1) is 13.4. The van der Waals surface area contributed by atoms with Crippen molar-refractivity contribution >= 4 is 11.3 Å². The lowest BCUT2D eigenvalue weighted by Gasteiger charge is -2.09. The van der Waals surface area contributed by atoms with Crippen molar-refractivity contribution in [3.63, 3.8) is 0 Å². The largest absolute Gasteiger partial charge is 0.399 e. The molecule has 0 saturated carbocycles. The van der Waals surface area contributed by atoms with Gasteiger partial charge in [-0.1, -0.05) is 18.2 Å². The molecule has 3 heteroatoms. The molecule has 0 amide bonds. The fourth-order valence-corrected chi connectivity index (χ4v) is 1.56. The van der Waals surface area contributed by atoms with Gasteiger partial charge < -0.3 is 5.73 Å². The van der Waals surface area contributed by atoms with Crippen molar-refractivity contribution in [2.75, 3.05) is 12.4 Å². The van der Waals surface area contributed by atoms with Gasteiger partial charge in [0.15, 0.2) is 0 Å². The molecule has 1 nitrogen and oxygen atoms in total. The normalized spacial score (nSPS) is 13.5. The number of halogens is 2. The van der Waals surface area contributed by atoms with Crippen LogP contribution in [0.4, 0.5) is 14.5 Å². The van der Waals surface area contributed by atoms with Gasteiger partial charge in [0, 0.05) is 5.69 Å². The third-order valence-corrected chi connectivity index (χ3v) is 2.68. The highest BCUT2D eigenvalue weighted by Crippen LogP contribution is 2.25. The van der Waals surface area contributed by atoms with E-state index in [4.69, 9.17) is 5.73 Å². The second-order valence-corrected chi connectivity index (χ2v) is 3.88. The summed E-state index contributed by atoms with van der Waals surface area (Å²) in [4.78, 5) is 0. The number of anilines is 1. The highest BCUT2D eigenvalue weighted by molar-refractivity contribution is 5.68. The minimum Gasteiger partial charge on any atom is -0.399 e. The molecule has 0 aliphatic heterocycles. The number of allylic oxidation sites excluding steroid dienone is 4. The van der Waals surface area contributed by atoms with Crippen LogP contribution in [0, 0.1) is 0 Å². The molecule has 1 rings (SSSR count). The molecular weight excluding hydrogens is 220 g/mol. The standard InChI is InChI=1S/C14H17F2N/c1-3-11(8-13(9-15)10(2)16)12-4-6-14(17)7-5-12/h3-7H,8-9,17H2,1-2H3/b11-3+,13-10-. The molecule has 0 bridgehead atoms. The summed E-state index contributed by atoms with van der Waals surface area (Å²) in [6.45, 7) is 2.38. The highest BCUT2D eigenvalue weighted by atomic mass is 19.1. The fourth-order valence-electron chi connectivity index (χ4n) is 1.56. The predicted octanol–water partition coefficient (Wildman–Crippen LogP) is 4.28. The fraction of sp³-hybridized carbons (Fsp3) is 0.286. The van der Waals surface area contributed by atoms with Crippen LogP contribution in [0.2, 0.25) is 0 Å². The molecule has 0 atom stereocenters. The third-order valence-electron chi connectivity index (χ3n) is 2.68. The summed E-state index contributed by atoms with van der Waals surface area (Å²) >= 11 is 0. The van der Waals surface area contributed by atoms with Crippen molar-refractivity contribution in [1.29, 1.82) is 0 Å². The van der Waals surface area contributed by atoms with Crippen LogP contribution in [0.1, 0.15) is 25.8 Å². The van der Waals surface area contributed by atoms with Crippen LogP contribution in [0.3, 0.4) is 0 Å². The first-order chi connectivity index (χ1) is 8.08. The molecule has 0 aromatic heterocycles. The molecule has 17 heavy (non-hydrogen) atoms. The molecule has 92 valence electrons. The molecule has 2 N–H and O–H groups in total. The topological polar surface area (TPSA) is 26.0 Å². The van der Waals surface area contributed by atoms with Crippen LogP contribution in [0.25, 0.3) is 5.57 Å². The number of alkyl halides is 1. The van der Waals surface area contributed by atoms with E-state index in [2.05, 4.69) is 0 Å². The van der Waals surface area contributed by atoms with E-state index < -0.39 is 12.5 Å². The Morgan fingerprint density at radius 3 is 2.29 bits per heavy atom. The molecule has 0 unspecified atom stereocenters. The Hall–Kier alpha value is -1.64. The molecule has 0 aliphatic rings. The van der Waals surface area contributed by atoms with Gasteiger partial charge in [0.2, 0.25) is 0 Å². The Bertz CT molecular complexity index is 426. The van der Waals surface area contributed by atoms with E-state index in [1.165, 1.54) is 6.92 Å². The average molecular weight is 237 g/mol. The molecule has 0 spiro atoms. The number of nitrogen functional groups attached to an aromatic ring is 1. The molecule has 0 saturated heterocycles. The second-order valence-electron chi connectivity index (χ2n) is 3.88. The Morgan fingerprint density at radius 1 is 1.29 bits per heavy atom. The van der Waals surface area contributed by atoms with Crippen LogP contribution >= 0.6 is 0 Å². The van der Waals surface area contributed by atoms with Gasteiger partial charge in [0.1, 0.15) is 6.67 Å². The number of nitrogens with two attached hydrogens (primary N) is 1. The smallest absolute Gasteiger partial charge is 0.114 e. The summed E-state index contributed by atoms with van der Waals surface area (Å²) in [6, 6.07) is 7.27. The number of hydrogen-bond donors (Lipinski definition) is 1. The Labute approximate surface area is 101 Å². The van der Waals surface area contributed by atoms with Crippen molar-refractivity contribution in [3.05, 3.63) is 47.3 Å². The van der Waals surface area contributed by atoms with Crippen molar-refractivity contribution in [3.8, 4) is 0 Å². The second kappa shape index (κ2) is 6.18. The molecule has 0 aliphatic carbocycles. The third kappa shape index (κ3) is 3.70. The molecule has 0 radical (unpaired) electrons. The van der Waals surface area contributed by atoms with Crippen LogP contribution < -0.4 is 5.73 Å². The molecule has 1 aromatic carbocycles. The minimum absolute atomic E-state index is 0.190. The van der Waals surface area contributed by atoms with E-state index in [9.17, 15) is 8.78 Å². The van der Waals surface area contributed by atoms with E-state index in [-0.39, 0.29) is 5.57 Å². The van der Waals surface area contributed by atoms with Gasteiger partial charge in [-0.2, -0.15) is 0 Å². The summed E-state index contributed by atoms with van der Waals surface area (Å²) in [5.74, 6) is -0.442. The van der Waals surface area contributed by atoms with Gasteiger partial charge in [-0.25, -0.2) is 8.78 Å². The molecule has 1 aromatic rings. The van der Waals surface area contributed by atoms with Crippen molar-refractivity contribution in [1.82, 2.24) is 0 Å². The van der Waals surface area contributed by atoms with E-state index in [0.717, 1.165) is 11.1 Å². The summed E-state index contributed by atoms with van der Waals surface area (Å²) in [5.41, 5.74) is 8.29. The van der Waals surface area contributed by atoms with Gasteiger partial charge in [-0.15, -0.1) is 0 Å². The lowest BCUT2D eigenvalue weighted by molar-refractivity contribution is 0.514. The average Bonchev–Trinajstić information content (AvgIpc) is 2.32. The minimum atomic E-state index is -0.755. The van der Waals surface area contributed by atoms with Crippen LogP contribution in [0.15, 0.2) is 41.7 Å². The summed E-state index contributed by atoms with van der Waals surface area (Å²) in [5, 5.41) is 0. The predicted molar refractivity (Wildman–Crippen MR) is 68.9 cm³/mol. The highest BCUT2D eigenvalue weighted by Gasteiger charge is 2.07. The van der Waals surface area contributed by atoms with E-state index in [1.807, 2.05) is 25.1 Å². The van der Waals surface area contributed by atoms with Crippen molar-refractivity contribution in [2.24, 2.45) is 0 Å². The zero-order valence-electron chi connectivity index (χ0n) is 10.1. The first-order valence-electron chi connectivity index (χ1n) is 5.49. The van der Waals surface area contributed by atoms with Gasteiger partial charge in [0.05, 0.1) is 5.83 Å². The van der Waals surface area contributed by atoms with E-state index in [1.54, 1.807) is 12.1 Å². The Kier molecular flexibility index (Phi) is 4.88. The van der Waals surface area contributed by atoms with Gasteiger partial charge in [-0.3, -0.25) is 0 Å². The van der Waals surface area contributed by atoms with Crippen molar-refractivity contribution < 1.29 is 8.78 Å². The first-order valence-corrected chi connectivity index (χ1v) is 5.49. The maximum atomic E-state index is 13.0. The van der Waals surface area contributed by atoms with E-state index >= 15 is 0 Å². The Balaban J connectivity index is 2.95. The Morgan fingerprint density at radius 2 is 1.88 bits per heavy atom. The molecule has 0 fully saturated rings. The van der Waals surface area contributed by atoms with Crippen molar-refractivity contribution in [2.45, 2.75) is 20.3 Å². The SMILES string of the molecule is C/C=C(\C/C(CF)=C(\C)F)c1ccc(N)cc1. The monoisotopic (exact) mass is 237 g/mol.